The van der Waals surface area contributed by atoms with E-state index in [-0.39, 0.29) is 17.0 Å². The molecule has 2 rings (SSSR count). The predicted octanol–water partition coefficient (Wildman–Crippen LogP) is 0.787. The Bertz CT molecular complexity index is 504. The molecule has 6 nitrogen and oxygen atoms in total. The molecule has 2 amide bonds. The van der Waals surface area contributed by atoms with Gasteiger partial charge in [0, 0.05) is 12.4 Å². The van der Waals surface area contributed by atoms with Crippen LogP contribution in [0.1, 0.15) is 34.6 Å². The van der Waals surface area contributed by atoms with Crippen molar-refractivity contribution in [1.82, 2.24) is 9.88 Å². The average molecular weight is 248 g/mol. The fourth-order valence-electron chi connectivity index (χ4n) is 2.05. The van der Waals surface area contributed by atoms with Crippen molar-refractivity contribution in [1.29, 1.82) is 0 Å². The number of rotatable bonds is 3. The number of aromatic nitrogens is 1. The average Bonchev–Trinajstić information content (AvgIpc) is 2.55. The summed E-state index contributed by atoms with van der Waals surface area (Å²) in [4.78, 5) is 39.9. The largest absolute Gasteiger partial charge is 0.480 e. The van der Waals surface area contributed by atoms with Gasteiger partial charge in [-0.2, -0.15) is 0 Å². The van der Waals surface area contributed by atoms with Gasteiger partial charge >= 0.3 is 5.97 Å². The summed E-state index contributed by atoms with van der Waals surface area (Å²) in [5.74, 6) is -2.71. The molecule has 0 saturated carbocycles. The molecule has 0 saturated heterocycles. The van der Waals surface area contributed by atoms with Gasteiger partial charge in [-0.25, -0.2) is 4.79 Å². The number of aliphatic carboxylic acids is 1. The molecule has 0 bridgehead atoms. The van der Waals surface area contributed by atoms with Crippen LogP contribution < -0.4 is 0 Å². The summed E-state index contributed by atoms with van der Waals surface area (Å²) in [6.45, 7) is 3.31. The highest BCUT2D eigenvalue weighted by molar-refractivity contribution is 6.22. The summed E-state index contributed by atoms with van der Waals surface area (Å²) < 4.78 is 0. The zero-order valence-corrected chi connectivity index (χ0v) is 9.95. The van der Waals surface area contributed by atoms with E-state index in [2.05, 4.69) is 4.98 Å². The summed E-state index contributed by atoms with van der Waals surface area (Å²) in [6.07, 6.45) is 2.69. The summed E-state index contributed by atoms with van der Waals surface area (Å²) in [6, 6.07) is 0.270. The van der Waals surface area contributed by atoms with Crippen molar-refractivity contribution < 1.29 is 19.5 Å². The predicted molar refractivity (Wildman–Crippen MR) is 61.0 cm³/mol. The van der Waals surface area contributed by atoms with E-state index in [0.717, 1.165) is 4.90 Å². The summed E-state index contributed by atoms with van der Waals surface area (Å²) in [5.41, 5.74) is 0.372. The third kappa shape index (κ3) is 1.66. The van der Waals surface area contributed by atoms with Crippen LogP contribution in [-0.4, -0.2) is 38.8 Å². The Hall–Kier alpha value is -2.24. The van der Waals surface area contributed by atoms with Crippen LogP contribution in [0.4, 0.5) is 0 Å². The second kappa shape index (κ2) is 4.21. The fraction of sp³-hybridized carbons (Fsp3) is 0.333. The van der Waals surface area contributed by atoms with Gasteiger partial charge in [-0.3, -0.25) is 19.5 Å². The Labute approximate surface area is 103 Å². The van der Waals surface area contributed by atoms with Crippen LogP contribution in [0.15, 0.2) is 18.5 Å². The lowest BCUT2D eigenvalue weighted by atomic mass is 10.0. The number of carbonyl (C=O) groups excluding carboxylic acids is 2. The number of hydrogen-bond acceptors (Lipinski definition) is 4. The Kier molecular flexibility index (Phi) is 2.86. The molecule has 0 radical (unpaired) electrons. The van der Waals surface area contributed by atoms with Crippen molar-refractivity contribution in [3.8, 4) is 0 Å². The molecular formula is C12H12N2O4. The quantitative estimate of drug-likeness (QED) is 0.799. The minimum absolute atomic E-state index is 0.161. The van der Waals surface area contributed by atoms with E-state index in [0.29, 0.717) is 0 Å². The first kappa shape index (κ1) is 12.2. The molecule has 1 aromatic rings. The minimum atomic E-state index is -1.19. The molecule has 6 heteroatoms. The first-order valence-electron chi connectivity index (χ1n) is 5.50. The molecule has 94 valence electrons. The molecule has 1 atom stereocenters. The Balaban J connectivity index is 2.47. The Morgan fingerprint density at radius 3 is 2.39 bits per heavy atom. The van der Waals surface area contributed by atoms with Gasteiger partial charge in [0.1, 0.15) is 6.04 Å². The number of carbonyl (C=O) groups is 3. The molecular weight excluding hydrogens is 236 g/mol. The lowest BCUT2D eigenvalue weighted by molar-refractivity contribution is -0.143. The van der Waals surface area contributed by atoms with Gasteiger partial charge < -0.3 is 5.11 Å². The van der Waals surface area contributed by atoms with Crippen LogP contribution in [0.2, 0.25) is 0 Å². The molecule has 0 unspecified atom stereocenters. The van der Waals surface area contributed by atoms with Gasteiger partial charge in [-0.15, -0.1) is 0 Å². The number of pyridine rings is 1. The number of nitrogens with zero attached hydrogens (tertiary/aromatic N) is 2. The van der Waals surface area contributed by atoms with Gasteiger partial charge in [-0.05, 0) is 12.0 Å². The van der Waals surface area contributed by atoms with Gasteiger partial charge in [0.2, 0.25) is 0 Å². The second-order valence-corrected chi connectivity index (χ2v) is 4.43. The third-order valence-corrected chi connectivity index (χ3v) is 2.88. The SMILES string of the molecule is CC(C)[C@@H](C(=O)O)N1C(=O)c2ccncc2C1=O. The first-order chi connectivity index (χ1) is 8.45. The molecule has 0 aromatic carbocycles. The number of carboxylic acids is 1. The monoisotopic (exact) mass is 248 g/mol. The number of hydrogen-bond donors (Lipinski definition) is 1. The summed E-state index contributed by atoms with van der Waals surface area (Å²) in [7, 11) is 0. The number of fused-ring (bicyclic) bond motifs is 1. The number of carboxylic acid groups (broad SMARTS) is 1. The summed E-state index contributed by atoms with van der Waals surface area (Å²) in [5, 5.41) is 9.16. The molecule has 0 spiro atoms. The highest BCUT2D eigenvalue weighted by atomic mass is 16.4. The molecule has 0 aliphatic carbocycles. The molecule has 2 heterocycles. The lowest BCUT2D eigenvalue weighted by Crippen LogP contribution is -2.47. The van der Waals surface area contributed by atoms with E-state index < -0.39 is 23.8 Å². The maximum atomic E-state index is 12.1. The van der Waals surface area contributed by atoms with E-state index in [1.807, 2.05) is 0 Å². The van der Waals surface area contributed by atoms with E-state index >= 15 is 0 Å². The maximum absolute atomic E-state index is 12.1. The van der Waals surface area contributed by atoms with Gasteiger partial charge in [-0.1, -0.05) is 13.8 Å². The highest BCUT2D eigenvalue weighted by Gasteiger charge is 2.44. The lowest BCUT2D eigenvalue weighted by Gasteiger charge is -2.25. The van der Waals surface area contributed by atoms with E-state index in [4.69, 9.17) is 5.11 Å². The normalized spacial score (nSPS) is 16.1. The molecule has 18 heavy (non-hydrogen) atoms. The third-order valence-electron chi connectivity index (χ3n) is 2.88. The maximum Gasteiger partial charge on any atom is 0.327 e. The Morgan fingerprint density at radius 2 is 1.89 bits per heavy atom. The number of imide groups is 1. The summed E-state index contributed by atoms with van der Waals surface area (Å²) >= 11 is 0. The van der Waals surface area contributed by atoms with E-state index in [1.54, 1.807) is 13.8 Å². The van der Waals surface area contributed by atoms with Crippen LogP contribution in [0, 0.1) is 5.92 Å². The smallest absolute Gasteiger partial charge is 0.327 e. The van der Waals surface area contributed by atoms with Crippen molar-refractivity contribution in [2.24, 2.45) is 5.92 Å². The molecule has 1 aliphatic rings. The number of amides is 2. The van der Waals surface area contributed by atoms with E-state index in [1.165, 1.54) is 18.5 Å². The van der Waals surface area contributed by atoms with Gasteiger partial charge in [0.15, 0.2) is 0 Å². The van der Waals surface area contributed by atoms with Gasteiger partial charge in [0.05, 0.1) is 11.1 Å². The van der Waals surface area contributed by atoms with Crippen LogP contribution in [0.25, 0.3) is 0 Å². The van der Waals surface area contributed by atoms with Crippen LogP contribution in [0.5, 0.6) is 0 Å². The van der Waals surface area contributed by atoms with Crippen LogP contribution >= 0.6 is 0 Å². The molecule has 0 fully saturated rings. The van der Waals surface area contributed by atoms with Crippen molar-refractivity contribution in [3.63, 3.8) is 0 Å². The molecule has 1 aromatic heterocycles. The van der Waals surface area contributed by atoms with Crippen molar-refractivity contribution >= 4 is 17.8 Å². The minimum Gasteiger partial charge on any atom is -0.480 e. The molecule has 1 aliphatic heterocycles. The first-order valence-corrected chi connectivity index (χ1v) is 5.50. The zero-order chi connectivity index (χ0) is 13.4. The topological polar surface area (TPSA) is 87.6 Å². The molecule has 1 N–H and O–H groups in total. The van der Waals surface area contributed by atoms with E-state index in [9.17, 15) is 14.4 Å². The van der Waals surface area contributed by atoms with Crippen molar-refractivity contribution in [3.05, 3.63) is 29.6 Å². The highest BCUT2D eigenvalue weighted by Crippen LogP contribution is 2.26. The van der Waals surface area contributed by atoms with Gasteiger partial charge in [0.25, 0.3) is 11.8 Å². The Morgan fingerprint density at radius 1 is 1.28 bits per heavy atom. The van der Waals surface area contributed by atoms with Crippen LogP contribution in [-0.2, 0) is 4.79 Å². The van der Waals surface area contributed by atoms with Crippen molar-refractivity contribution in [2.45, 2.75) is 19.9 Å². The standard InChI is InChI=1S/C12H12N2O4/c1-6(2)9(12(17)18)14-10(15)7-3-4-13-5-8(7)11(14)16/h3-6,9H,1-2H3,(H,17,18)/t9-/m0/s1. The second-order valence-electron chi connectivity index (χ2n) is 4.43. The zero-order valence-electron chi connectivity index (χ0n) is 9.95. The van der Waals surface area contributed by atoms with Crippen molar-refractivity contribution in [2.75, 3.05) is 0 Å². The fourth-order valence-corrected chi connectivity index (χ4v) is 2.05. The van der Waals surface area contributed by atoms with Crippen LogP contribution in [0.3, 0.4) is 0 Å².